The number of hydrogen-bond donors (Lipinski definition) is 7. The molecule has 0 bridgehead atoms. The third-order valence-electron chi connectivity index (χ3n) is 13.9. The fraction of sp³-hybridized carbons (Fsp3) is 0.778. The molecule has 6 aliphatic carbocycles. The van der Waals surface area contributed by atoms with Crippen LogP contribution in [0.1, 0.15) is 59.3 Å². The Balaban J connectivity index is 1.39. The number of rotatable bonds is 9. The highest BCUT2D eigenvalue weighted by atomic mass is 16.5. The van der Waals surface area contributed by atoms with E-state index in [4.69, 9.17) is 4.74 Å². The van der Waals surface area contributed by atoms with E-state index in [1.807, 2.05) is 40.0 Å². The normalized spacial score (nSPS) is 51.4. The van der Waals surface area contributed by atoms with Crippen molar-refractivity contribution in [2.75, 3.05) is 26.7 Å². The van der Waals surface area contributed by atoms with E-state index in [2.05, 4.69) is 16.7 Å². The van der Waals surface area contributed by atoms with Crippen molar-refractivity contribution in [1.82, 2.24) is 10.6 Å². The molecular weight excluding hydrogens is 588 g/mol. The van der Waals surface area contributed by atoms with Gasteiger partial charge in [-0.05, 0) is 73.5 Å². The molecule has 0 amide bonds. The molecular formula is C36H52N2O8. The van der Waals surface area contributed by atoms with Crippen LogP contribution in [0, 0.1) is 52.3 Å². The van der Waals surface area contributed by atoms with Crippen molar-refractivity contribution in [1.29, 1.82) is 0 Å². The molecule has 7 rings (SSSR count). The van der Waals surface area contributed by atoms with Gasteiger partial charge >= 0.3 is 5.97 Å². The summed E-state index contributed by atoms with van der Waals surface area (Å²) in [7, 11) is 1.88. The van der Waals surface area contributed by atoms with Gasteiger partial charge in [0.25, 0.3) is 0 Å². The van der Waals surface area contributed by atoms with Crippen LogP contribution in [0.5, 0.6) is 0 Å². The first-order chi connectivity index (χ1) is 21.7. The SMILES string of the molecule is CNCCNCC1=CC2CC3(O)C(C)(CC4C=CC5CC(O)CC6(O)C(CCC(C)C)C(O)C3(O)C4C56C=O)C2C2=CC(=O)OC12. The standard InChI is InChI=1S/C36H52N2O8/c1-19(2)5-8-26-31(42)36(45)30-20(6-7-23-12-24(40)16-34(26,43)33(23,30)18-39)14-32(3)28-21(15-35(32,36)44)11-22(17-38-10-9-37-4)29-25(28)13-27(41)46-29/h6-7,11,13,18-21,23-24,26,28-31,37-38,40,42-45H,5,8-10,12,14-17H2,1-4H3. The van der Waals surface area contributed by atoms with Gasteiger partial charge in [0.05, 0.1) is 23.2 Å². The first-order valence-electron chi connectivity index (χ1n) is 17.4. The van der Waals surface area contributed by atoms with Crippen molar-refractivity contribution in [3.05, 3.63) is 35.5 Å². The van der Waals surface area contributed by atoms with Gasteiger partial charge in [-0.25, -0.2) is 4.79 Å². The highest BCUT2D eigenvalue weighted by Crippen LogP contribution is 2.77. The predicted molar refractivity (Wildman–Crippen MR) is 169 cm³/mol. The van der Waals surface area contributed by atoms with Gasteiger partial charge in [-0.2, -0.15) is 0 Å². The molecule has 10 nitrogen and oxygen atoms in total. The highest BCUT2D eigenvalue weighted by molar-refractivity contribution is 5.87. The quantitative estimate of drug-likeness (QED) is 0.0836. The van der Waals surface area contributed by atoms with E-state index in [1.54, 1.807) is 6.08 Å². The van der Waals surface area contributed by atoms with Crippen molar-refractivity contribution in [3.63, 3.8) is 0 Å². The first-order valence-corrected chi connectivity index (χ1v) is 17.4. The molecule has 4 fully saturated rings. The van der Waals surface area contributed by atoms with Crippen molar-refractivity contribution < 1.29 is 39.9 Å². The Labute approximate surface area is 271 Å². The molecule has 1 heterocycles. The largest absolute Gasteiger partial charge is 0.450 e. The maximum Gasteiger partial charge on any atom is 0.331 e. The molecule has 0 saturated heterocycles. The van der Waals surface area contributed by atoms with Crippen molar-refractivity contribution in [3.8, 4) is 0 Å². The summed E-state index contributed by atoms with van der Waals surface area (Å²) in [5.74, 6) is -3.71. The van der Waals surface area contributed by atoms with Crippen LogP contribution in [-0.2, 0) is 14.3 Å². The van der Waals surface area contributed by atoms with Crippen LogP contribution in [0.2, 0.25) is 0 Å². The zero-order valence-electron chi connectivity index (χ0n) is 27.5. The number of nitrogens with one attached hydrogen (secondary N) is 2. The number of aliphatic hydroxyl groups excluding tert-OH is 2. The minimum atomic E-state index is -2.15. The molecule has 7 N–H and O–H groups in total. The number of fused-ring (bicyclic) bond motifs is 6. The number of aliphatic hydroxyl groups is 5. The van der Waals surface area contributed by atoms with Gasteiger partial charge in [0.1, 0.15) is 23.6 Å². The minimum Gasteiger partial charge on any atom is -0.450 e. The van der Waals surface area contributed by atoms with E-state index in [-0.39, 0.29) is 37.0 Å². The third kappa shape index (κ3) is 3.89. The lowest BCUT2D eigenvalue weighted by Gasteiger charge is -2.75. The summed E-state index contributed by atoms with van der Waals surface area (Å²) in [6.07, 6.45) is 7.03. The van der Waals surface area contributed by atoms with Gasteiger partial charge in [0.2, 0.25) is 0 Å². The average molecular weight is 641 g/mol. The van der Waals surface area contributed by atoms with E-state index < -0.39 is 75.6 Å². The molecule has 0 radical (unpaired) electrons. The second-order valence-corrected chi connectivity index (χ2v) is 16.4. The van der Waals surface area contributed by atoms with Crippen LogP contribution >= 0.6 is 0 Å². The number of likely N-dealkylation sites (N-methyl/N-ethyl adjacent to an activating group) is 1. The molecule has 14 atom stereocenters. The molecule has 254 valence electrons. The molecule has 1 aliphatic heterocycles. The van der Waals surface area contributed by atoms with Crippen LogP contribution in [0.4, 0.5) is 0 Å². The topological polar surface area (TPSA) is 169 Å². The van der Waals surface area contributed by atoms with Crippen molar-refractivity contribution in [2.24, 2.45) is 52.3 Å². The number of carbonyl (C=O) groups excluding carboxylic acids is 2. The second-order valence-electron chi connectivity index (χ2n) is 16.4. The van der Waals surface area contributed by atoms with Crippen LogP contribution in [0.15, 0.2) is 35.5 Å². The molecule has 0 aromatic rings. The Morgan fingerprint density at radius 1 is 1.09 bits per heavy atom. The Morgan fingerprint density at radius 2 is 1.85 bits per heavy atom. The molecule has 46 heavy (non-hydrogen) atoms. The van der Waals surface area contributed by atoms with Gasteiger partial charge in [-0.15, -0.1) is 0 Å². The maximum absolute atomic E-state index is 13.7. The number of carbonyl (C=O) groups is 2. The summed E-state index contributed by atoms with van der Waals surface area (Å²) in [6.45, 7) is 8.04. The predicted octanol–water partition coefficient (Wildman–Crippen LogP) is 1.01. The smallest absolute Gasteiger partial charge is 0.331 e. The summed E-state index contributed by atoms with van der Waals surface area (Å²) in [6, 6.07) is 0. The lowest BCUT2D eigenvalue weighted by molar-refractivity contribution is -0.379. The summed E-state index contributed by atoms with van der Waals surface area (Å²) < 4.78 is 5.85. The summed E-state index contributed by atoms with van der Waals surface area (Å²) in [4.78, 5) is 26.5. The Kier molecular flexibility index (Phi) is 7.65. The number of allylic oxidation sites excluding steroid dienone is 3. The van der Waals surface area contributed by atoms with Crippen molar-refractivity contribution in [2.45, 2.75) is 94.4 Å². The Morgan fingerprint density at radius 3 is 2.54 bits per heavy atom. The highest BCUT2D eigenvalue weighted by Gasteiger charge is 2.86. The molecule has 7 aliphatic rings. The second kappa shape index (κ2) is 10.8. The van der Waals surface area contributed by atoms with Gasteiger partial charge in [-0.3, -0.25) is 0 Å². The maximum atomic E-state index is 13.7. The fourth-order valence-corrected chi connectivity index (χ4v) is 12.2. The van der Waals surface area contributed by atoms with Crippen molar-refractivity contribution >= 4 is 12.3 Å². The van der Waals surface area contributed by atoms with Crippen LogP contribution in [0.3, 0.4) is 0 Å². The van der Waals surface area contributed by atoms with Crippen LogP contribution in [-0.4, -0.2) is 99.6 Å². The lowest BCUT2D eigenvalue weighted by Crippen LogP contribution is -2.86. The Bertz CT molecular complexity index is 1380. The molecule has 14 unspecified atom stereocenters. The zero-order chi connectivity index (χ0) is 33.0. The number of ether oxygens (including phenoxy) is 1. The van der Waals surface area contributed by atoms with Gasteiger partial charge in [0, 0.05) is 49.4 Å². The van der Waals surface area contributed by atoms with E-state index >= 15 is 0 Å². The Hall–Kier alpha value is -1.92. The molecule has 4 saturated carbocycles. The first kappa shape index (κ1) is 32.6. The van der Waals surface area contributed by atoms with Gasteiger partial charge in [-0.1, -0.05) is 45.4 Å². The van der Waals surface area contributed by atoms with Crippen LogP contribution in [0.25, 0.3) is 0 Å². The summed E-state index contributed by atoms with van der Waals surface area (Å²) in [5, 5.41) is 69.6. The number of esters is 1. The monoisotopic (exact) mass is 640 g/mol. The fourth-order valence-electron chi connectivity index (χ4n) is 12.2. The molecule has 10 heteroatoms. The average Bonchev–Trinajstić information content (AvgIpc) is 3.48. The summed E-state index contributed by atoms with van der Waals surface area (Å²) in [5.41, 5.74) is -6.58. The number of aldehydes is 1. The minimum absolute atomic E-state index is 0.0726. The van der Waals surface area contributed by atoms with Gasteiger partial charge in [0.15, 0.2) is 0 Å². The zero-order valence-corrected chi connectivity index (χ0v) is 27.5. The van der Waals surface area contributed by atoms with Gasteiger partial charge < -0.3 is 45.7 Å². The molecule has 0 aromatic carbocycles. The lowest BCUT2D eigenvalue weighted by atomic mass is 9.32. The molecule has 0 aromatic heterocycles. The van der Waals surface area contributed by atoms with Crippen LogP contribution < -0.4 is 10.6 Å². The van der Waals surface area contributed by atoms with E-state index in [0.717, 1.165) is 30.5 Å². The summed E-state index contributed by atoms with van der Waals surface area (Å²) >= 11 is 0. The molecule has 0 spiro atoms. The van der Waals surface area contributed by atoms with E-state index in [0.29, 0.717) is 25.8 Å². The van der Waals surface area contributed by atoms with E-state index in [9.17, 15) is 35.1 Å². The third-order valence-corrected chi connectivity index (χ3v) is 13.9. The number of hydrogen-bond acceptors (Lipinski definition) is 10. The van der Waals surface area contributed by atoms with E-state index in [1.165, 1.54) is 0 Å².